The van der Waals surface area contributed by atoms with Crippen molar-refractivity contribution in [1.29, 1.82) is 5.41 Å². The average molecular weight is 495 g/mol. The summed E-state index contributed by atoms with van der Waals surface area (Å²) in [6.45, 7) is 2.01. The van der Waals surface area contributed by atoms with Gasteiger partial charge in [0, 0.05) is 10.5 Å². The maximum Gasteiger partial charge on any atom is 0.283 e. The first-order valence-electron chi connectivity index (χ1n) is 10.9. The van der Waals surface area contributed by atoms with Crippen molar-refractivity contribution in [3.05, 3.63) is 101 Å². The molecule has 0 fully saturated rings. The van der Waals surface area contributed by atoms with Crippen molar-refractivity contribution >= 4 is 62.3 Å². The molecule has 2 aliphatic heterocycles. The molecule has 2 aliphatic rings. The SMILES string of the molecule is Cc1cccc(C2=NN3C(=N)/C(=C/c4ccc(Sc5cccc6ccccc56)o4)C(=O)N=C3S2)c1. The molecule has 3 heterocycles. The van der Waals surface area contributed by atoms with Crippen LogP contribution in [0, 0.1) is 12.3 Å². The third-order valence-corrected chi connectivity index (χ3v) is 7.52. The van der Waals surface area contributed by atoms with E-state index in [1.54, 1.807) is 12.1 Å². The van der Waals surface area contributed by atoms with E-state index in [9.17, 15) is 4.79 Å². The van der Waals surface area contributed by atoms with Crippen LogP contribution in [0.1, 0.15) is 16.9 Å². The number of amidine groups is 2. The Hall–Kier alpha value is -3.88. The molecular weight excluding hydrogens is 476 g/mol. The molecule has 6 rings (SSSR count). The number of nitrogens with one attached hydrogen (secondary N) is 1. The van der Waals surface area contributed by atoms with Crippen molar-refractivity contribution in [2.75, 3.05) is 0 Å². The number of thioether (sulfide) groups is 1. The lowest BCUT2D eigenvalue weighted by atomic mass is 10.1. The number of fused-ring (bicyclic) bond motifs is 2. The molecule has 0 spiro atoms. The minimum atomic E-state index is -0.478. The van der Waals surface area contributed by atoms with Gasteiger partial charge >= 0.3 is 0 Å². The molecule has 1 N–H and O–H groups in total. The Kier molecular flexibility index (Phi) is 5.39. The molecule has 8 heteroatoms. The summed E-state index contributed by atoms with van der Waals surface area (Å²) in [7, 11) is 0. The predicted molar refractivity (Wildman–Crippen MR) is 142 cm³/mol. The maximum atomic E-state index is 12.8. The number of nitrogens with zero attached hydrogens (tertiary/aromatic N) is 3. The smallest absolute Gasteiger partial charge is 0.283 e. The molecule has 0 unspecified atom stereocenters. The Bertz CT molecular complexity index is 1610. The summed E-state index contributed by atoms with van der Waals surface area (Å²) >= 11 is 2.81. The average Bonchev–Trinajstić information content (AvgIpc) is 3.49. The van der Waals surface area contributed by atoms with Crippen molar-refractivity contribution in [2.45, 2.75) is 16.9 Å². The minimum absolute atomic E-state index is 0.0187. The molecule has 0 saturated heterocycles. The van der Waals surface area contributed by atoms with Crippen LogP contribution in [0.3, 0.4) is 0 Å². The van der Waals surface area contributed by atoms with Crippen LogP contribution in [-0.4, -0.2) is 27.0 Å². The normalized spacial score (nSPS) is 16.6. The van der Waals surface area contributed by atoms with Crippen LogP contribution in [0.25, 0.3) is 16.8 Å². The molecule has 3 aromatic carbocycles. The maximum absolute atomic E-state index is 12.8. The van der Waals surface area contributed by atoms with Crippen LogP contribution in [0.15, 0.2) is 109 Å². The van der Waals surface area contributed by atoms with Gasteiger partial charge in [0.2, 0.25) is 5.17 Å². The lowest BCUT2D eigenvalue weighted by molar-refractivity contribution is -0.114. The minimum Gasteiger partial charge on any atom is -0.450 e. The predicted octanol–water partition coefficient (Wildman–Crippen LogP) is 6.56. The van der Waals surface area contributed by atoms with E-state index in [0.717, 1.165) is 26.8 Å². The fourth-order valence-corrected chi connectivity index (χ4v) is 5.71. The van der Waals surface area contributed by atoms with Gasteiger partial charge in [0.15, 0.2) is 10.9 Å². The number of aliphatic imine (C=N–C) groups is 1. The van der Waals surface area contributed by atoms with Gasteiger partial charge in [-0.05, 0) is 59.8 Å². The van der Waals surface area contributed by atoms with Gasteiger partial charge in [-0.25, -0.2) is 0 Å². The Morgan fingerprint density at radius 1 is 1.03 bits per heavy atom. The number of carbonyl (C=O) groups is 1. The highest BCUT2D eigenvalue weighted by Crippen LogP contribution is 2.35. The fourth-order valence-electron chi connectivity index (χ4n) is 3.89. The zero-order valence-corrected chi connectivity index (χ0v) is 20.2. The molecule has 0 saturated carbocycles. The number of aryl methyl sites for hydroxylation is 1. The topological polar surface area (TPSA) is 82.0 Å². The second-order valence-electron chi connectivity index (χ2n) is 8.03. The first-order chi connectivity index (χ1) is 17.0. The molecule has 1 aromatic heterocycles. The molecule has 170 valence electrons. The number of rotatable bonds is 4. The van der Waals surface area contributed by atoms with E-state index < -0.39 is 5.91 Å². The number of furan rings is 1. The Balaban J connectivity index is 1.26. The third kappa shape index (κ3) is 4.11. The first kappa shape index (κ1) is 21.6. The van der Waals surface area contributed by atoms with Crippen LogP contribution in [0.2, 0.25) is 0 Å². The monoisotopic (exact) mass is 494 g/mol. The number of benzene rings is 3. The molecule has 4 aromatic rings. The van der Waals surface area contributed by atoms with E-state index in [1.165, 1.54) is 28.5 Å². The second-order valence-corrected chi connectivity index (χ2v) is 10.0. The van der Waals surface area contributed by atoms with Crippen molar-refractivity contribution in [3.63, 3.8) is 0 Å². The molecule has 0 aliphatic carbocycles. The summed E-state index contributed by atoms with van der Waals surface area (Å²) in [5.41, 5.74) is 2.18. The van der Waals surface area contributed by atoms with Gasteiger partial charge in [0.1, 0.15) is 10.8 Å². The highest BCUT2D eigenvalue weighted by molar-refractivity contribution is 8.27. The zero-order chi connectivity index (χ0) is 23.9. The molecular formula is C27H18N4O2S2. The highest BCUT2D eigenvalue weighted by atomic mass is 32.2. The van der Waals surface area contributed by atoms with Gasteiger partial charge in [0.25, 0.3) is 5.91 Å². The van der Waals surface area contributed by atoms with E-state index in [1.807, 2.05) is 55.5 Å². The van der Waals surface area contributed by atoms with E-state index >= 15 is 0 Å². The van der Waals surface area contributed by atoms with Crippen LogP contribution in [-0.2, 0) is 4.79 Å². The third-order valence-electron chi connectivity index (χ3n) is 5.57. The molecule has 6 nitrogen and oxygen atoms in total. The van der Waals surface area contributed by atoms with Gasteiger partial charge in [-0.1, -0.05) is 71.9 Å². The fraction of sp³-hybridized carbons (Fsp3) is 0.0370. The number of amides is 1. The summed E-state index contributed by atoms with van der Waals surface area (Å²) in [6, 6.07) is 26.0. The summed E-state index contributed by atoms with van der Waals surface area (Å²) in [4.78, 5) is 18.0. The van der Waals surface area contributed by atoms with Gasteiger partial charge in [-0.3, -0.25) is 10.2 Å². The van der Waals surface area contributed by atoms with Gasteiger partial charge in [0.05, 0.1) is 5.57 Å². The van der Waals surface area contributed by atoms with E-state index in [0.29, 0.717) is 21.1 Å². The van der Waals surface area contributed by atoms with E-state index in [2.05, 4.69) is 34.4 Å². The summed E-state index contributed by atoms with van der Waals surface area (Å²) in [5.74, 6) is -0.0156. The van der Waals surface area contributed by atoms with Gasteiger partial charge in [-0.2, -0.15) is 15.1 Å². The van der Waals surface area contributed by atoms with Gasteiger partial charge in [-0.15, -0.1) is 0 Å². The van der Waals surface area contributed by atoms with Crippen molar-refractivity contribution in [1.82, 2.24) is 5.01 Å². The Labute approximate surface area is 209 Å². The van der Waals surface area contributed by atoms with Crippen molar-refractivity contribution < 1.29 is 9.21 Å². The Morgan fingerprint density at radius 3 is 2.74 bits per heavy atom. The number of hydrogen-bond acceptors (Lipinski definition) is 6. The van der Waals surface area contributed by atoms with Crippen LogP contribution < -0.4 is 0 Å². The van der Waals surface area contributed by atoms with E-state index in [4.69, 9.17) is 9.83 Å². The van der Waals surface area contributed by atoms with Crippen LogP contribution in [0.5, 0.6) is 0 Å². The Morgan fingerprint density at radius 2 is 1.86 bits per heavy atom. The van der Waals surface area contributed by atoms with Crippen LogP contribution >= 0.6 is 23.5 Å². The number of hydrogen-bond donors (Lipinski definition) is 1. The lowest BCUT2D eigenvalue weighted by Crippen LogP contribution is -2.35. The molecule has 0 bridgehead atoms. The summed E-state index contributed by atoms with van der Waals surface area (Å²) in [5, 5.41) is 18.7. The molecule has 35 heavy (non-hydrogen) atoms. The number of carbonyl (C=O) groups excluding carboxylic acids is 1. The molecule has 0 radical (unpaired) electrons. The first-order valence-corrected chi connectivity index (χ1v) is 12.5. The van der Waals surface area contributed by atoms with Crippen LogP contribution in [0.4, 0.5) is 0 Å². The lowest BCUT2D eigenvalue weighted by Gasteiger charge is -2.19. The van der Waals surface area contributed by atoms with Gasteiger partial charge < -0.3 is 4.42 Å². The molecule has 0 atom stereocenters. The van der Waals surface area contributed by atoms with Crippen molar-refractivity contribution in [3.8, 4) is 0 Å². The second kappa shape index (κ2) is 8.72. The zero-order valence-electron chi connectivity index (χ0n) is 18.6. The summed E-state index contributed by atoms with van der Waals surface area (Å²) < 4.78 is 5.98. The summed E-state index contributed by atoms with van der Waals surface area (Å²) in [6.07, 6.45) is 1.56. The van der Waals surface area contributed by atoms with E-state index in [-0.39, 0.29) is 11.4 Å². The highest BCUT2D eigenvalue weighted by Gasteiger charge is 2.36. The molecule has 1 amide bonds. The number of hydrazone groups is 1. The largest absolute Gasteiger partial charge is 0.450 e. The quantitative estimate of drug-likeness (QED) is 0.325. The van der Waals surface area contributed by atoms with Crippen molar-refractivity contribution in [2.24, 2.45) is 10.1 Å². The standard InChI is InChI=1S/C27H18N4O2S2/c1-16-6-4-9-18(14-16)26-30-31-24(28)21(25(32)29-27(31)35-26)15-19-12-13-23(33-19)34-22-11-5-8-17-7-2-3-10-20(17)22/h2-15,28H,1H3/b21-15-,28-24?.